The monoisotopic (exact) mass is 405 g/mol. The highest BCUT2D eigenvalue weighted by molar-refractivity contribution is 7.20. The molecule has 2 aromatic heterocycles. The lowest BCUT2D eigenvalue weighted by Gasteiger charge is -2.37. The number of rotatable bonds is 2. The van der Waals surface area contributed by atoms with Gasteiger partial charge in [-0.2, -0.15) is 4.52 Å². The van der Waals surface area contributed by atoms with Crippen LogP contribution < -0.4 is 10.5 Å². The Morgan fingerprint density at radius 2 is 1.79 bits per heavy atom. The molecule has 0 aromatic carbocycles. The van der Waals surface area contributed by atoms with E-state index in [2.05, 4.69) is 15.0 Å². The van der Waals surface area contributed by atoms with Crippen LogP contribution in [0.3, 0.4) is 0 Å². The number of carbonyl (C=O) groups is 1. The average Bonchev–Trinajstić information content (AvgIpc) is 3.37. The molecule has 5 rings (SSSR count). The highest BCUT2D eigenvalue weighted by Gasteiger charge is 2.41. The Bertz CT molecular complexity index is 935. The van der Waals surface area contributed by atoms with Crippen LogP contribution in [0.5, 0.6) is 0 Å². The molecule has 0 atom stereocenters. The lowest BCUT2D eigenvalue weighted by Crippen LogP contribution is -2.48. The van der Waals surface area contributed by atoms with Gasteiger partial charge in [0.25, 0.3) is 11.5 Å². The third-order valence-electron chi connectivity index (χ3n) is 5.76. The molecule has 3 saturated heterocycles. The van der Waals surface area contributed by atoms with Crippen molar-refractivity contribution in [2.24, 2.45) is 0 Å². The predicted octanol–water partition coefficient (Wildman–Crippen LogP) is 1.12. The number of hydrogen-bond donors (Lipinski definition) is 0. The third kappa shape index (κ3) is 3.09. The largest absolute Gasteiger partial charge is 0.347 e. The zero-order chi connectivity index (χ0) is 19.1. The molecule has 3 aliphatic rings. The standard InChI is InChI=1S/C18H23N5O4S/c24-14(21-8-4-18(5-9-21)26-10-11-27-18)13-12-19-16-23(15(13)25)20-17(28-16)22-6-2-1-3-7-22/h12H,1-11H2. The van der Waals surface area contributed by atoms with Crippen LogP contribution >= 0.6 is 11.3 Å². The first kappa shape index (κ1) is 18.0. The normalized spacial score (nSPS) is 22.3. The van der Waals surface area contributed by atoms with Gasteiger partial charge in [-0.15, -0.1) is 5.10 Å². The van der Waals surface area contributed by atoms with Gasteiger partial charge in [0.05, 0.1) is 13.2 Å². The number of aromatic nitrogens is 3. The summed E-state index contributed by atoms with van der Waals surface area (Å²) < 4.78 is 12.7. The number of carbonyl (C=O) groups excluding carboxylic acids is 1. The second-order valence-electron chi connectivity index (χ2n) is 7.50. The van der Waals surface area contributed by atoms with Crippen molar-refractivity contribution in [1.82, 2.24) is 19.5 Å². The summed E-state index contributed by atoms with van der Waals surface area (Å²) in [7, 11) is 0. The van der Waals surface area contributed by atoms with E-state index in [1.165, 1.54) is 28.5 Å². The number of ether oxygens (including phenoxy) is 2. The molecule has 0 bridgehead atoms. The quantitative estimate of drug-likeness (QED) is 0.740. The van der Waals surface area contributed by atoms with Crippen LogP contribution in [0.1, 0.15) is 42.5 Å². The first-order valence-electron chi connectivity index (χ1n) is 9.86. The minimum Gasteiger partial charge on any atom is -0.347 e. The molecular formula is C18H23N5O4S. The van der Waals surface area contributed by atoms with E-state index >= 15 is 0 Å². The van der Waals surface area contributed by atoms with Crippen LogP contribution in [0.25, 0.3) is 4.96 Å². The van der Waals surface area contributed by atoms with E-state index in [9.17, 15) is 9.59 Å². The first-order chi connectivity index (χ1) is 13.7. The fourth-order valence-corrected chi connectivity index (χ4v) is 5.06. The Hall–Kier alpha value is -2.04. The third-order valence-corrected chi connectivity index (χ3v) is 6.74. The molecular weight excluding hydrogens is 382 g/mol. The van der Waals surface area contributed by atoms with Crippen molar-refractivity contribution in [3.05, 3.63) is 22.1 Å². The minimum absolute atomic E-state index is 0.0669. The summed E-state index contributed by atoms with van der Waals surface area (Å²) in [5.41, 5.74) is -0.333. The predicted molar refractivity (Wildman–Crippen MR) is 103 cm³/mol. The van der Waals surface area contributed by atoms with Crippen LogP contribution in [0.2, 0.25) is 0 Å². The molecule has 9 nitrogen and oxygen atoms in total. The lowest BCUT2D eigenvalue weighted by atomic mass is 10.0. The first-order valence-corrected chi connectivity index (χ1v) is 10.7. The van der Waals surface area contributed by atoms with E-state index in [1.807, 2.05) is 0 Å². The topological polar surface area (TPSA) is 89.3 Å². The van der Waals surface area contributed by atoms with Crippen LogP contribution in [0.15, 0.2) is 11.0 Å². The summed E-state index contributed by atoms with van der Waals surface area (Å²) in [5, 5.41) is 5.25. The van der Waals surface area contributed by atoms with Crippen LogP contribution in [0.4, 0.5) is 5.13 Å². The summed E-state index contributed by atoms with van der Waals surface area (Å²) in [6.07, 6.45) is 6.12. The highest BCUT2D eigenvalue weighted by atomic mass is 32.1. The van der Waals surface area contributed by atoms with E-state index in [4.69, 9.17) is 9.47 Å². The van der Waals surface area contributed by atoms with Gasteiger partial charge in [0.1, 0.15) is 5.56 Å². The lowest BCUT2D eigenvalue weighted by molar-refractivity contribution is -0.181. The molecule has 0 unspecified atom stereocenters. The van der Waals surface area contributed by atoms with Gasteiger partial charge in [-0.05, 0) is 19.3 Å². The molecule has 3 fully saturated rings. The number of piperidine rings is 2. The van der Waals surface area contributed by atoms with Gasteiger partial charge in [0.2, 0.25) is 10.1 Å². The van der Waals surface area contributed by atoms with E-state index in [-0.39, 0.29) is 11.5 Å². The smallest absolute Gasteiger partial charge is 0.288 e. The molecule has 2 aromatic rings. The number of nitrogens with zero attached hydrogens (tertiary/aromatic N) is 5. The van der Waals surface area contributed by atoms with Gasteiger partial charge in [-0.25, -0.2) is 4.98 Å². The molecule has 0 radical (unpaired) electrons. The average molecular weight is 405 g/mol. The number of anilines is 1. The van der Waals surface area contributed by atoms with Crippen LogP contribution in [0, 0.1) is 0 Å². The Morgan fingerprint density at radius 3 is 2.50 bits per heavy atom. The van der Waals surface area contributed by atoms with E-state index < -0.39 is 11.3 Å². The second-order valence-corrected chi connectivity index (χ2v) is 8.44. The Labute approximate surface area is 165 Å². The SMILES string of the molecule is O=C(c1cnc2sc(N3CCCCC3)nn2c1=O)N1CCC2(CC1)OCCO2. The summed E-state index contributed by atoms with van der Waals surface area (Å²) in [4.78, 5) is 34.6. The molecule has 0 saturated carbocycles. The Kier molecular flexibility index (Phi) is 4.56. The van der Waals surface area contributed by atoms with Crippen molar-refractivity contribution in [2.75, 3.05) is 44.3 Å². The number of fused-ring (bicyclic) bond motifs is 1. The zero-order valence-corrected chi connectivity index (χ0v) is 16.4. The maximum absolute atomic E-state index is 12.9. The van der Waals surface area contributed by atoms with Gasteiger partial charge in [0, 0.05) is 45.2 Å². The van der Waals surface area contributed by atoms with Crippen molar-refractivity contribution in [2.45, 2.75) is 37.9 Å². The van der Waals surface area contributed by atoms with Crippen molar-refractivity contribution in [1.29, 1.82) is 0 Å². The molecule has 1 amide bonds. The van der Waals surface area contributed by atoms with Gasteiger partial charge in [-0.3, -0.25) is 9.59 Å². The summed E-state index contributed by atoms with van der Waals surface area (Å²) in [6, 6.07) is 0. The fourth-order valence-electron chi connectivity index (χ4n) is 4.14. The summed E-state index contributed by atoms with van der Waals surface area (Å²) >= 11 is 1.40. The summed E-state index contributed by atoms with van der Waals surface area (Å²) in [6.45, 7) is 4.08. The second kappa shape index (κ2) is 7.09. The van der Waals surface area contributed by atoms with Crippen LogP contribution in [-0.2, 0) is 9.47 Å². The van der Waals surface area contributed by atoms with Gasteiger partial charge >= 0.3 is 0 Å². The number of hydrogen-bond acceptors (Lipinski definition) is 8. The maximum atomic E-state index is 12.9. The van der Waals surface area contributed by atoms with Crippen molar-refractivity contribution >= 4 is 27.3 Å². The van der Waals surface area contributed by atoms with Crippen LogP contribution in [-0.4, -0.2) is 70.6 Å². The summed E-state index contributed by atoms with van der Waals surface area (Å²) in [5.74, 6) is -0.848. The zero-order valence-electron chi connectivity index (χ0n) is 15.6. The number of likely N-dealkylation sites (tertiary alicyclic amines) is 1. The molecule has 0 N–H and O–H groups in total. The van der Waals surface area contributed by atoms with Gasteiger partial charge in [-0.1, -0.05) is 11.3 Å². The number of amides is 1. The van der Waals surface area contributed by atoms with Crippen molar-refractivity contribution in [3.8, 4) is 0 Å². The molecule has 28 heavy (non-hydrogen) atoms. The molecule has 0 aliphatic carbocycles. The minimum atomic E-state index is -0.549. The highest BCUT2D eigenvalue weighted by Crippen LogP contribution is 2.31. The van der Waals surface area contributed by atoms with E-state index in [1.54, 1.807) is 4.90 Å². The van der Waals surface area contributed by atoms with Gasteiger partial charge in [0.15, 0.2) is 5.79 Å². The molecule has 5 heterocycles. The molecule has 150 valence electrons. The van der Waals surface area contributed by atoms with E-state index in [0.717, 1.165) is 31.1 Å². The maximum Gasteiger partial charge on any atom is 0.288 e. The molecule has 3 aliphatic heterocycles. The van der Waals surface area contributed by atoms with Gasteiger partial charge < -0.3 is 19.3 Å². The molecule has 10 heteroatoms. The molecule has 1 spiro atoms. The Morgan fingerprint density at radius 1 is 1.07 bits per heavy atom. The fraction of sp³-hybridized carbons (Fsp3) is 0.667. The van der Waals surface area contributed by atoms with Crippen molar-refractivity contribution < 1.29 is 14.3 Å². The van der Waals surface area contributed by atoms with Crippen molar-refractivity contribution in [3.63, 3.8) is 0 Å². The van der Waals surface area contributed by atoms with E-state index in [0.29, 0.717) is 44.1 Å². The Balaban J connectivity index is 1.37.